The predicted octanol–water partition coefficient (Wildman–Crippen LogP) is 5.20. The van der Waals surface area contributed by atoms with Crippen LogP contribution >= 0.6 is 27.5 Å². The van der Waals surface area contributed by atoms with Crippen molar-refractivity contribution >= 4 is 49.8 Å². The number of rotatable bonds is 3. The first-order valence-corrected chi connectivity index (χ1v) is 8.33. The van der Waals surface area contributed by atoms with Crippen LogP contribution in [0.5, 0.6) is 5.75 Å². The molecule has 0 radical (unpaired) electrons. The maximum absolute atomic E-state index is 10.4. The lowest BCUT2D eigenvalue weighted by Crippen LogP contribution is -2.12. The van der Waals surface area contributed by atoms with E-state index in [0.717, 1.165) is 26.4 Å². The van der Waals surface area contributed by atoms with E-state index in [1.807, 2.05) is 48.5 Å². The fourth-order valence-electron chi connectivity index (χ4n) is 2.55. The van der Waals surface area contributed by atoms with Gasteiger partial charge >= 0.3 is 0 Å². The number of fused-ring (bicyclic) bond motifs is 1. The number of aliphatic imine (C=N–C) groups is 1. The number of hydrogen-bond acceptors (Lipinski definition) is 2. The van der Waals surface area contributed by atoms with Crippen LogP contribution in [0.15, 0.2) is 64.1 Å². The van der Waals surface area contributed by atoms with Crippen molar-refractivity contribution in [3.05, 3.63) is 59.1 Å². The largest absolute Gasteiger partial charge is 0.507 e. The molecule has 3 rings (SSSR count). The molecule has 3 aromatic rings. The summed E-state index contributed by atoms with van der Waals surface area (Å²) in [4.78, 5) is 4.41. The number of nitrogens with two attached hydrogens (primary N) is 1. The van der Waals surface area contributed by atoms with Crippen LogP contribution in [-0.4, -0.2) is 16.8 Å². The van der Waals surface area contributed by atoms with Crippen molar-refractivity contribution < 1.29 is 5.11 Å². The summed E-state index contributed by atoms with van der Waals surface area (Å²) >= 11 is 9.26. The number of benzene rings is 3. The quantitative estimate of drug-likeness (QED) is 0.367. The second-order valence-electron chi connectivity index (χ2n) is 5.05. The number of halogens is 2. The van der Waals surface area contributed by atoms with E-state index in [1.54, 1.807) is 6.07 Å². The SMILES string of the molecule is NC(CCl)=Nc1c(Br)cccc1-c1c(O)ccc2ccccc12. The lowest BCUT2D eigenvalue weighted by molar-refractivity contribution is 0.478. The van der Waals surface area contributed by atoms with Gasteiger partial charge in [-0.2, -0.15) is 0 Å². The van der Waals surface area contributed by atoms with Crippen LogP contribution < -0.4 is 5.73 Å². The molecule has 5 heteroatoms. The third kappa shape index (κ3) is 3.05. The Morgan fingerprint density at radius 2 is 1.87 bits per heavy atom. The fraction of sp³-hybridized carbons (Fsp3) is 0.0556. The monoisotopic (exact) mass is 388 g/mol. The molecule has 0 fully saturated rings. The summed E-state index contributed by atoms with van der Waals surface area (Å²) in [5, 5.41) is 12.4. The van der Waals surface area contributed by atoms with Crippen molar-refractivity contribution in [3.63, 3.8) is 0 Å². The van der Waals surface area contributed by atoms with Crippen LogP contribution in [0.4, 0.5) is 5.69 Å². The van der Waals surface area contributed by atoms with Gasteiger partial charge in [0.1, 0.15) is 11.6 Å². The Balaban J connectivity index is 2.36. The highest BCUT2D eigenvalue weighted by atomic mass is 79.9. The molecule has 0 bridgehead atoms. The summed E-state index contributed by atoms with van der Waals surface area (Å²) in [5.74, 6) is 0.657. The van der Waals surface area contributed by atoms with Crippen LogP contribution in [0.1, 0.15) is 0 Å². The number of phenolic OH excluding ortho intramolecular Hbond substituents is 1. The van der Waals surface area contributed by atoms with Gasteiger partial charge in [0.25, 0.3) is 0 Å². The number of amidine groups is 1. The molecule has 0 aliphatic carbocycles. The molecule has 23 heavy (non-hydrogen) atoms. The molecule has 3 N–H and O–H groups in total. The van der Waals surface area contributed by atoms with Crippen molar-refractivity contribution in [2.45, 2.75) is 0 Å². The predicted molar refractivity (Wildman–Crippen MR) is 101 cm³/mol. The Morgan fingerprint density at radius 3 is 2.65 bits per heavy atom. The lowest BCUT2D eigenvalue weighted by atomic mass is 9.96. The van der Waals surface area contributed by atoms with Crippen LogP contribution in [0.3, 0.4) is 0 Å². The topological polar surface area (TPSA) is 58.6 Å². The highest BCUT2D eigenvalue weighted by Gasteiger charge is 2.15. The van der Waals surface area contributed by atoms with Gasteiger partial charge in [0.2, 0.25) is 0 Å². The molecule has 0 amide bonds. The zero-order valence-electron chi connectivity index (χ0n) is 12.1. The second-order valence-corrected chi connectivity index (χ2v) is 6.18. The van der Waals surface area contributed by atoms with Gasteiger partial charge in [0, 0.05) is 15.6 Å². The number of phenols is 1. The van der Waals surface area contributed by atoms with E-state index >= 15 is 0 Å². The molecule has 0 aliphatic heterocycles. The lowest BCUT2D eigenvalue weighted by Gasteiger charge is -2.13. The van der Waals surface area contributed by atoms with Crippen LogP contribution in [0.25, 0.3) is 21.9 Å². The van der Waals surface area contributed by atoms with Gasteiger partial charge in [-0.05, 0) is 38.8 Å². The zero-order valence-corrected chi connectivity index (χ0v) is 14.5. The molecule has 0 saturated carbocycles. The van der Waals surface area contributed by atoms with Gasteiger partial charge in [-0.3, -0.25) is 0 Å². The maximum atomic E-state index is 10.4. The molecule has 0 spiro atoms. The van der Waals surface area contributed by atoms with E-state index in [1.165, 1.54) is 0 Å². The van der Waals surface area contributed by atoms with Gasteiger partial charge in [-0.25, -0.2) is 4.99 Å². The zero-order chi connectivity index (χ0) is 16.4. The smallest absolute Gasteiger partial charge is 0.124 e. The first-order chi connectivity index (χ1) is 11.1. The standard InChI is InChI=1S/C18H14BrClN2O/c19-14-7-3-6-13(18(14)22-16(21)10-20)17-12-5-2-1-4-11(12)8-9-15(17)23/h1-9,23H,10H2,(H2,21,22). The number of nitrogens with zero attached hydrogens (tertiary/aromatic N) is 1. The Kier molecular flexibility index (Phi) is 4.55. The van der Waals surface area contributed by atoms with Gasteiger partial charge in [-0.15, -0.1) is 11.6 Å². The molecule has 0 aliphatic rings. The molecule has 3 aromatic carbocycles. The second kappa shape index (κ2) is 6.60. The maximum Gasteiger partial charge on any atom is 0.124 e. The minimum Gasteiger partial charge on any atom is -0.507 e. The van der Waals surface area contributed by atoms with Gasteiger partial charge in [-0.1, -0.05) is 42.5 Å². The average Bonchev–Trinajstić information content (AvgIpc) is 2.57. The molecular formula is C18H14BrClN2O. The summed E-state index contributed by atoms with van der Waals surface area (Å²) in [7, 11) is 0. The first kappa shape index (κ1) is 15.8. The number of alkyl halides is 1. The van der Waals surface area contributed by atoms with E-state index in [0.29, 0.717) is 11.5 Å². The van der Waals surface area contributed by atoms with Crippen molar-refractivity contribution in [3.8, 4) is 16.9 Å². The van der Waals surface area contributed by atoms with Crippen molar-refractivity contribution in [1.29, 1.82) is 0 Å². The molecule has 0 unspecified atom stereocenters. The van der Waals surface area contributed by atoms with Crippen molar-refractivity contribution in [2.24, 2.45) is 10.7 Å². The fourth-order valence-corrected chi connectivity index (χ4v) is 3.06. The van der Waals surface area contributed by atoms with Crippen LogP contribution in [0.2, 0.25) is 0 Å². The third-order valence-corrected chi connectivity index (χ3v) is 4.47. The van der Waals surface area contributed by atoms with Crippen LogP contribution in [0, 0.1) is 0 Å². The van der Waals surface area contributed by atoms with E-state index in [4.69, 9.17) is 17.3 Å². The average molecular weight is 390 g/mol. The summed E-state index contributed by atoms with van der Waals surface area (Å²) in [6.07, 6.45) is 0. The molecule has 0 heterocycles. The van der Waals surface area contributed by atoms with Gasteiger partial charge in [0.05, 0.1) is 11.6 Å². The number of hydrogen-bond donors (Lipinski definition) is 2. The number of para-hydroxylation sites is 1. The molecule has 0 atom stereocenters. The van der Waals surface area contributed by atoms with E-state index in [9.17, 15) is 5.11 Å². The highest BCUT2D eigenvalue weighted by molar-refractivity contribution is 9.10. The molecule has 0 aromatic heterocycles. The third-order valence-electron chi connectivity index (χ3n) is 3.56. The molecular weight excluding hydrogens is 376 g/mol. The normalized spacial score (nSPS) is 11.8. The Labute approximate surface area is 147 Å². The Morgan fingerprint density at radius 1 is 1.09 bits per heavy atom. The summed E-state index contributed by atoms with van der Waals surface area (Å²) in [6.45, 7) is 0. The van der Waals surface area contributed by atoms with E-state index < -0.39 is 0 Å². The Hall–Kier alpha value is -2.04. The van der Waals surface area contributed by atoms with Gasteiger partial charge < -0.3 is 10.8 Å². The summed E-state index contributed by atoms with van der Waals surface area (Å²) < 4.78 is 0.787. The van der Waals surface area contributed by atoms with Crippen molar-refractivity contribution in [2.75, 3.05) is 5.88 Å². The van der Waals surface area contributed by atoms with Crippen LogP contribution in [-0.2, 0) is 0 Å². The van der Waals surface area contributed by atoms with Crippen molar-refractivity contribution in [1.82, 2.24) is 0 Å². The molecule has 116 valence electrons. The minimum absolute atomic E-state index is 0.141. The van der Waals surface area contributed by atoms with E-state index in [2.05, 4.69) is 20.9 Å². The Bertz CT molecular complexity index is 909. The van der Waals surface area contributed by atoms with Gasteiger partial charge in [0.15, 0.2) is 0 Å². The minimum atomic E-state index is 0.141. The molecule has 3 nitrogen and oxygen atoms in total. The first-order valence-electron chi connectivity index (χ1n) is 7.00. The summed E-state index contributed by atoms with van der Waals surface area (Å²) in [5.41, 5.74) is 7.98. The van der Waals surface area contributed by atoms with E-state index in [-0.39, 0.29) is 11.6 Å². The number of aromatic hydroxyl groups is 1. The molecule has 0 saturated heterocycles. The highest BCUT2D eigenvalue weighted by Crippen LogP contribution is 2.43. The summed E-state index contributed by atoms with van der Waals surface area (Å²) in [6, 6.07) is 17.2.